The topological polar surface area (TPSA) is 12.0 Å². The third-order valence-corrected chi connectivity index (χ3v) is 3.15. The van der Waals surface area contributed by atoms with Gasteiger partial charge in [0.1, 0.15) is 0 Å². The first kappa shape index (κ1) is 11.0. The van der Waals surface area contributed by atoms with Gasteiger partial charge in [-0.15, -0.1) is 0 Å². The first-order chi connectivity index (χ1) is 5.06. The molecule has 0 aromatic carbocycles. The van der Waals surface area contributed by atoms with Gasteiger partial charge in [0.25, 0.3) is 0 Å². The molecule has 0 aliphatic carbocycles. The van der Waals surface area contributed by atoms with E-state index in [1.165, 1.54) is 12.8 Å². The molecule has 0 bridgehead atoms. The summed E-state index contributed by atoms with van der Waals surface area (Å²) in [6, 6.07) is 0. The van der Waals surface area contributed by atoms with Crippen LogP contribution in [0.3, 0.4) is 0 Å². The summed E-state index contributed by atoms with van der Waals surface area (Å²) in [7, 11) is 2.02. The summed E-state index contributed by atoms with van der Waals surface area (Å²) in [6.45, 7) is 10.4. The fourth-order valence-electron chi connectivity index (χ4n) is 1.28. The van der Waals surface area contributed by atoms with Gasteiger partial charge in [0, 0.05) is 0 Å². The van der Waals surface area contributed by atoms with Crippen LogP contribution >= 0.6 is 0 Å². The summed E-state index contributed by atoms with van der Waals surface area (Å²) in [6.07, 6.45) is 2.57. The van der Waals surface area contributed by atoms with Crippen LogP contribution in [-0.2, 0) is 0 Å². The van der Waals surface area contributed by atoms with E-state index in [0.29, 0.717) is 5.41 Å². The molecule has 0 radical (unpaired) electrons. The molecule has 0 aliphatic heterocycles. The van der Waals surface area contributed by atoms with Crippen LogP contribution in [0.25, 0.3) is 0 Å². The van der Waals surface area contributed by atoms with Crippen molar-refractivity contribution in [1.82, 2.24) is 5.32 Å². The summed E-state index contributed by atoms with van der Waals surface area (Å²) in [5.74, 6) is 0.792. The monoisotopic (exact) mass is 157 g/mol. The highest BCUT2D eigenvalue weighted by Gasteiger charge is 2.24. The Hall–Kier alpha value is -0.0400. The lowest BCUT2D eigenvalue weighted by atomic mass is 9.74. The summed E-state index contributed by atoms with van der Waals surface area (Å²) >= 11 is 0. The lowest BCUT2D eigenvalue weighted by Gasteiger charge is -2.32. The Morgan fingerprint density at radius 1 is 1.36 bits per heavy atom. The van der Waals surface area contributed by atoms with Crippen LogP contribution in [0.2, 0.25) is 0 Å². The molecule has 68 valence electrons. The Labute approximate surface area is 71.6 Å². The van der Waals surface area contributed by atoms with Crippen LogP contribution in [0.1, 0.15) is 40.5 Å². The Morgan fingerprint density at radius 2 is 1.91 bits per heavy atom. The minimum atomic E-state index is 0.531. The van der Waals surface area contributed by atoms with Crippen LogP contribution in [0.4, 0.5) is 0 Å². The Bertz CT molecular complexity index is 99.0. The van der Waals surface area contributed by atoms with Gasteiger partial charge in [-0.1, -0.05) is 34.1 Å². The molecule has 1 atom stereocenters. The second-order valence-corrected chi connectivity index (χ2v) is 4.02. The average Bonchev–Trinajstić information content (AvgIpc) is 2.00. The van der Waals surface area contributed by atoms with Crippen molar-refractivity contribution in [2.75, 3.05) is 13.6 Å². The summed E-state index contributed by atoms with van der Waals surface area (Å²) < 4.78 is 0. The van der Waals surface area contributed by atoms with E-state index in [0.717, 1.165) is 12.5 Å². The van der Waals surface area contributed by atoms with E-state index in [-0.39, 0.29) is 0 Å². The van der Waals surface area contributed by atoms with Gasteiger partial charge in [0.2, 0.25) is 0 Å². The van der Waals surface area contributed by atoms with Crippen LogP contribution < -0.4 is 5.32 Å². The molecule has 1 N–H and O–H groups in total. The molecule has 0 amide bonds. The maximum absolute atomic E-state index is 3.21. The molecule has 0 aromatic heterocycles. The van der Waals surface area contributed by atoms with Gasteiger partial charge in [-0.2, -0.15) is 0 Å². The summed E-state index contributed by atoms with van der Waals surface area (Å²) in [5, 5.41) is 3.21. The van der Waals surface area contributed by atoms with Crippen molar-refractivity contribution in [3.63, 3.8) is 0 Å². The zero-order chi connectivity index (χ0) is 8.91. The standard InChI is InChI=1S/C10H23N/c1-6-10(4,9(2)3)7-8-11-5/h9,11H,6-8H2,1-5H3. The van der Waals surface area contributed by atoms with Crippen molar-refractivity contribution in [3.05, 3.63) is 0 Å². The first-order valence-electron chi connectivity index (χ1n) is 4.71. The van der Waals surface area contributed by atoms with E-state index in [9.17, 15) is 0 Å². The van der Waals surface area contributed by atoms with Crippen molar-refractivity contribution in [1.29, 1.82) is 0 Å². The molecule has 0 spiro atoms. The highest BCUT2D eigenvalue weighted by Crippen LogP contribution is 2.33. The number of hydrogen-bond donors (Lipinski definition) is 1. The zero-order valence-electron chi connectivity index (χ0n) is 8.70. The molecule has 0 saturated heterocycles. The highest BCUT2D eigenvalue weighted by molar-refractivity contribution is 4.76. The fourth-order valence-corrected chi connectivity index (χ4v) is 1.28. The molecular weight excluding hydrogens is 134 g/mol. The van der Waals surface area contributed by atoms with Crippen LogP contribution in [0, 0.1) is 11.3 Å². The smallest absolute Gasteiger partial charge is 0.00466 e. The maximum atomic E-state index is 3.21. The molecule has 1 unspecified atom stereocenters. The molecule has 1 heteroatoms. The number of rotatable bonds is 5. The predicted molar refractivity (Wildman–Crippen MR) is 51.8 cm³/mol. The average molecular weight is 157 g/mol. The van der Waals surface area contributed by atoms with Gasteiger partial charge in [-0.3, -0.25) is 0 Å². The van der Waals surface area contributed by atoms with Crippen molar-refractivity contribution in [2.24, 2.45) is 11.3 Å². The van der Waals surface area contributed by atoms with E-state index in [1.807, 2.05) is 7.05 Å². The van der Waals surface area contributed by atoms with E-state index in [1.54, 1.807) is 0 Å². The van der Waals surface area contributed by atoms with Gasteiger partial charge in [0.15, 0.2) is 0 Å². The van der Waals surface area contributed by atoms with Gasteiger partial charge < -0.3 is 5.32 Å². The van der Waals surface area contributed by atoms with Crippen LogP contribution in [0.15, 0.2) is 0 Å². The second-order valence-electron chi connectivity index (χ2n) is 4.02. The second kappa shape index (κ2) is 4.76. The van der Waals surface area contributed by atoms with Gasteiger partial charge in [-0.05, 0) is 31.3 Å². The largest absolute Gasteiger partial charge is 0.320 e. The molecule has 0 aromatic rings. The highest BCUT2D eigenvalue weighted by atomic mass is 14.8. The van der Waals surface area contributed by atoms with E-state index in [4.69, 9.17) is 0 Å². The molecule has 0 aliphatic rings. The third kappa shape index (κ3) is 3.24. The Balaban J connectivity index is 3.88. The van der Waals surface area contributed by atoms with Gasteiger partial charge >= 0.3 is 0 Å². The maximum Gasteiger partial charge on any atom is -0.00466 e. The predicted octanol–water partition coefficient (Wildman–Crippen LogP) is 2.67. The van der Waals surface area contributed by atoms with Gasteiger partial charge in [-0.25, -0.2) is 0 Å². The third-order valence-electron chi connectivity index (χ3n) is 3.15. The number of hydrogen-bond acceptors (Lipinski definition) is 1. The first-order valence-corrected chi connectivity index (χ1v) is 4.71. The summed E-state index contributed by atoms with van der Waals surface area (Å²) in [5.41, 5.74) is 0.531. The van der Waals surface area contributed by atoms with Crippen molar-refractivity contribution < 1.29 is 0 Å². The van der Waals surface area contributed by atoms with Crippen LogP contribution in [0.5, 0.6) is 0 Å². The van der Waals surface area contributed by atoms with E-state index in [2.05, 4.69) is 33.0 Å². The number of nitrogens with one attached hydrogen (secondary N) is 1. The Morgan fingerprint density at radius 3 is 2.18 bits per heavy atom. The molecule has 0 fully saturated rings. The SMILES string of the molecule is CCC(C)(CCNC)C(C)C. The lowest BCUT2D eigenvalue weighted by Crippen LogP contribution is -2.27. The molecule has 1 nitrogen and oxygen atoms in total. The van der Waals surface area contributed by atoms with Crippen LogP contribution in [-0.4, -0.2) is 13.6 Å². The molecular formula is C10H23N. The quantitative estimate of drug-likeness (QED) is 0.647. The van der Waals surface area contributed by atoms with E-state index < -0.39 is 0 Å². The van der Waals surface area contributed by atoms with Gasteiger partial charge in [0.05, 0.1) is 0 Å². The normalized spacial score (nSPS) is 16.9. The van der Waals surface area contributed by atoms with Crippen molar-refractivity contribution in [3.8, 4) is 0 Å². The molecule has 0 rings (SSSR count). The fraction of sp³-hybridized carbons (Fsp3) is 1.00. The van der Waals surface area contributed by atoms with Crippen molar-refractivity contribution in [2.45, 2.75) is 40.5 Å². The summed E-state index contributed by atoms with van der Waals surface area (Å²) in [4.78, 5) is 0. The minimum Gasteiger partial charge on any atom is -0.320 e. The van der Waals surface area contributed by atoms with E-state index >= 15 is 0 Å². The van der Waals surface area contributed by atoms with Crippen molar-refractivity contribution >= 4 is 0 Å². The molecule has 0 saturated carbocycles. The Kier molecular flexibility index (Phi) is 4.74. The lowest BCUT2D eigenvalue weighted by molar-refractivity contribution is 0.190. The zero-order valence-corrected chi connectivity index (χ0v) is 8.70. The molecule has 11 heavy (non-hydrogen) atoms. The minimum absolute atomic E-state index is 0.531. The molecule has 0 heterocycles.